The van der Waals surface area contributed by atoms with Gasteiger partial charge in [-0.2, -0.15) is 0 Å². The Morgan fingerprint density at radius 1 is 1.75 bits per heavy atom. The molecule has 1 aromatic heterocycles. The Labute approximate surface area is 127 Å². The number of hydrogen-bond donors (Lipinski definition) is 2. The van der Waals surface area contributed by atoms with E-state index in [0.717, 1.165) is 0 Å². The van der Waals surface area contributed by atoms with Gasteiger partial charge < -0.3 is 15.8 Å². The minimum absolute atomic E-state index is 0.224. The zero-order valence-electron chi connectivity index (χ0n) is 11.2. The van der Waals surface area contributed by atoms with E-state index in [0.29, 0.717) is 31.0 Å². The van der Waals surface area contributed by atoms with Crippen molar-refractivity contribution in [2.45, 2.75) is 31.5 Å². The zero-order valence-corrected chi connectivity index (χ0v) is 13.7. The number of nitrogen functional groups attached to an aromatic ring is 1. The molecule has 6 nitrogen and oxygen atoms in total. The zero-order chi connectivity index (χ0) is 15.2. The Bertz CT molecular complexity index is 497. The van der Waals surface area contributed by atoms with E-state index < -0.39 is 17.2 Å². The van der Waals surface area contributed by atoms with Crippen molar-refractivity contribution in [2.24, 2.45) is 0 Å². The van der Waals surface area contributed by atoms with Crippen molar-refractivity contribution in [3.05, 3.63) is 11.1 Å². The second kappa shape index (κ2) is 7.61. The number of esters is 1. The average molecular weight is 333 g/mol. The van der Waals surface area contributed by atoms with E-state index in [-0.39, 0.29) is 6.61 Å². The predicted molar refractivity (Wildman–Crippen MR) is 82.4 cm³/mol. The molecule has 0 aliphatic rings. The largest absolute Gasteiger partial charge is 0.464 e. The second-order valence-electron chi connectivity index (χ2n) is 3.93. The number of rotatable bonds is 8. The fraction of sp³-hybridized carbons (Fsp3) is 0.545. The number of amides is 1. The average Bonchev–Trinajstić information content (AvgIpc) is 2.85. The van der Waals surface area contributed by atoms with Crippen molar-refractivity contribution in [1.82, 2.24) is 10.3 Å². The number of anilines is 1. The maximum atomic E-state index is 12.3. The van der Waals surface area contributed by atoms with Gasteiger partial charge in [-0.05, 0) is 20.7 Å². The number of carbonyl (C=O) groups excluding carboxylic acids is 2. The van der Waals surface area contributed by atoms with Gasteiger partial charge in [0.15, 0.2) is 10.7 Å². The summed E-state index contributed by atoms with van der Waals surface area (Å²) in [6, 6.07) is 0. The summed E-state index contributed by atoms with van der Waals surface area (Å²) >= 11 is 6.39. The van der Waals surface area contributed by atoms with Crippen molar-refractivity contribution in [3.8, 4) is 0 Å². The summed E-state index contributed by atoms with van der Waals surface area (Å²) < 4.78 is 5.10. The van der Waals surface area contributed by atoms with Crippen LogP contribution in [0.25, 0.3) is 0 Å². The van der Waals surface area contributed by atoms with Crippen LogP contribution in [0.15, 0.2) is 5.38 Å². The molecule has 2 atom stereocenters. The molecule has 0 radical (unpaired) electrons. The van der Waals surface area contributed by atoms with Crippen LogP contribution >= 0.6 is 18.7 Å². The van der Waals surface area contributed by atoms with Crippen LogP contribution in [0, 0.1) is 0 Å². The molecule has 0 aliphatic heterocycles. The fourth-order valence-corrected chi connectivity index (χ4v) is 4.21. The van der Waals surface area contributed by atoms with Gasteiger partial charge in [0, 0.05) is 5.38 Å². The number of thiazole rings is 1. The lowest BCUT2D eigenvalue weighted by molar-refractivity contribution is -0.152. The third kappa shape index (κ3) is 3.31. The number of aromatic nitrogens is 1. The van der Waals surface area contributed by atoms with Crippen molar-refractivity contribution in [2.75, 3.05) is 12.3 Å². The van der Waals surface area contributed by atoms with E-state index >= 15 is 0 Å². The number of nitrogens with two attached hydrogens (primary N) is 1. The molecule has 1 heterocycles. The Morgan fingerprint density at radius 2 is 2.45 bits per heavy atom. The normalized spacial score (nSPS) is 15.3. The predicted octanol–water partition coefficient (Wildman–Crippen LogP) is 1.63. The molecule has 0 fully saturated rings. The summed E-state index contributed by atoms with van der Waals surface area (Å²) in [4.78, 5) is 27.4. The smallest absolute Gasteiger partial charge is 0.333 e. The van der Waals surface area contributed by atoms with Crippen molar-refractivity contribution < 1.29 is 14.3 Å². The maximum Gasteiger partial charge on any atom is 0.333 e. The van der Waals surface area contributed by atoms with Crippen molar-refractivity contribution >= 4 is 48.0 Å². The summed E-state index contributed by atoms with van der Waals surface area (Å²) in [5, 5.41) is 4.72. The molecule has 2 unspecified atom stereocenters. The van der Waals surface area contributed by atoms with Crippen LogP contribution in [-0.4, -0.2) is 29.5 Å². The molecule has 0 aliphatic carbocycles. The van der Waals surface area contributed by atoms with E-state index in [4.69, 9.17) is 22.3 Å². The molecular formula is C11H16N3O3PS2. The standard InChI is InChI=1S/C11H16N3O3PS2/c1-3-11(13-6-15,9(16)17-4-2)8(18-19)7-5-20-10(12)14-7/h5-6,8H,3-4H2,1-2H3,(H2,12,14)(H,13,15). The molecule has 1 rings (SSSR count). The molecule has 0 saturated carbocycles. The maximum absolute atomic E-state index is 12.3. The van der Waals surface area contributed by atoms with E-state index in [2.05, 4.69) is 10.3 Å². The topological polar surface area (TPSA) is 94.3 Å². The second-order valence-corrected chi connectivity index (χ2v) is 6.18. The number of carbonyl (C=O) groups is 2. The molecule has 110 valence electrons. The van der Waals surface area contributed by atoms with Gasteiger partial charge in [-0.1, -0.05) is 18.7 Å². The lowest BCUT2D eigenvalue weighted by Gasteiger charge is -2.33. The van der Waals surface area contributed by atoms with Crippen LogP contribution in [0.2, 0.25) is 0 Å². The first-order valence-corrected chi connectivity index (χ1v) is 8.83. The molecule has 20 heavy (non-hydrogen) atoms. The third-order valence-electron chi connectivity index (χ3n) is 2.91. The highest BCUT2D eigenvalue weighted by atomic mass is 32.4. The first-order valence-electron chi connectivity index (χ1n) is 5.97. The highest BCUT2D eigenvalue weighted by Gasteiger charge is 2.47. The SMILES string of the molecule is CCOC(=O)C(CC)(NC=O)C(P=S)c1csc(N)n1. The molecule has 1 aromatic rings. The summed E-state index contributed by atoms with van der Waals surface area (Å²) in [5.41, 5.74) is 4.51. The Morgan fingerprint density at radius 3 is 2.85 bits per heavy atom. The van der Waals surface area contributed by atoms with Gasteiger partial charge in [0.25, 0.3) is 0 Å². The van der Waals surface area contributed by atoms with E-state index in [9.17, 15) is 9.59 Å². The van der Waals surface area contributed by atoms with Crippen LogP contribution in [0.3, 0.4) is 0 Å². The van der Waals surface area contributed by atoms with Crippen molar-refractivity contribution in [1.29, 1.82) is 0 Å². The highest BCUT2D eigenvalue weighted by molar-refractivity contribution is 7.96. The molecular weight excluding hydrogens is 317 g/mol. The molecule has 0 bridgehead atoms. The van der Waals surface area contributed by atoms with Crippen LogP contribution in [0.1, 0.15) is 31.6 Å². The van der Waals surface area contributed by atoms with E-state index in [1.54, 1.807) is 19.2 Å². The van der Waals surface area contributed by atoms with Gasteiger partial charge >= 0.3 is 5.97 Å². The monoisotopic (exact) mass is 333 g/mol. The lowest BCUT2D eigenvalue weighted by atomic mass is 9.90. The Kier molecular flexibility index (Phi) is 6.45. The summed E-state index contributed by atoms with van der Waals surface area (Å²) in [5.74, 6) is -0.511. The fourth-order valence-electron chi connectivity index (χ4n) is 1.88. The molecule has 9 heteroatoms. The van der Waals surface area contributed by atoms with Gasteiger partial charge in [0.2, 0.25) is 6.41 Å². The van der Waals surface area contributed by atoms with E-state index in [1.165, 1.54) is 11.3 Å². The quantitative estimate of drug-likeness (QED) is 0.427. The molecule has 3 N–H and O–H groups in total. The van der Waals surface area contributed by atoms with Gasteiger partial charge in [-0.15, -0.1) is 11.3 Å². The van der Waals surface area contributed by atoms with Crippen LogP contribution in [0.5, 0.6) is 0 Å². The first-order chi connectivity index (χ1) is 9.55. The molecule has 0 spiro atoms. The number of nitrogens with zero attached hydrogens (tertiary/aromatic N) is 1. The number of hydrogen-bond acceptors (Lipinski definition) is 7. The Hall–Kier alpha value is -1.11. The summed E-state index contributed by atoms with van der Waals surface area (Å²) in [6.07, 6.45) is 0.833. The van der Waals surface area contributed by atoms with E-state index in [1.807, 2.05) is 0 Å². The molecule has 0 saturated heterocycles. The summed E-state index contributed by atoms with van der Waals surface area (Å²) in [7, 11) is 0.483. The van der Waals surface area contributed by atoms with Gasteiger partial charge in [-0.25, -0.2) is 9.78 Å². The third-order valence-corrected chi connectivity index (χ3v) is 5.15. The molecule has 1 amide bonds. The van der Waals surface area contributed by atoms with Crippen LogP contribution in [0.4, 0.5) is 5.13 Å². The van der Waals surface area contributed by atoms with Gasteiger partial charge in [0.1, 0.15) is 0 Å². The number of ether oxygens (including phenoxy) is 1. The highest BCUT2D eigenvalue weighted by Crippen LogP contribution is 2.41. The minimum atomic E-state index is -1.22. The Balaban J connectivity index is 3.28. The number of nitrogens with one attached hydrogen (secondary N) is 1. The van der Waals surface area contributed by atoms with Gasteiger partial charge in [-0.3, -0.25) is 4.79 Å². The van der Waals surface area contributed by atoms with Crippen LogP contribution < -0.4 is 11.1 Å². The van der Waals surface area contributed by atoms with Gasteiger partial charge in [0.05, 0.1) is 18.0 Å². The van der Waals surface area contributed by atoms with Crippen LogP contribution in [-0.2, 0) is 26.1 Å². The molecule has 0 aromatic carbocycles. The first kappa shape index (κ1) is 16.9. The van der Waals surface area contributed by atoms with Crippen molar-refractivity contribution in [3.63, 3.8) is 0 Å². The minimum Gasteiger partial charge on any atom is -0.464 e. The summed E-state index contributed by atoms with van der Waals surface area (Å²) in [6.45, 7) is 3.72. The lowest BCUT2D eigenvalue weighted by Crippen LogP contribution is -2.55.